The van der Waals surface area contributed by atoms with E-state index in [9.17, 15) is 18.0 Å². The van der Waals surface area contributed by atoms with Gasteiger partial charge < -0.3 is 24.1 Å². The van der Waals surface area contributed by atoms with Crippen LogP contribution in [0, 0.1) is 23.5 Å². The van der Waals surface area contributed by atoms with Crippen LogP contribution in [0.4, 0.5) is 24.9 Å². The van der Waals surface area contributed by atoms with E-state index < -0.39 is 30.0 Å². The van der Waals surface area contributed by atoms with Crippen molar-refractivity contribution in [1.82, 2.24) is 4.98 Å². The fourth-order valence-electron chi connectivity index (χ4n) is 4.79. The lowest BCUT2D eigenvalue weighted by Gasteiger charge is -2.45. The summed E-state index contributed by atoms with van der Waals surface area (Å²) in [5.41, 5.74) is -0.571. The highest BCUT2D eigenvalue weighted by molar-refractivity contribution is 6.03. The van der Waals surface area contributed by atoms with Crippen LogP contribution in [0.15, 0.2) is 16.5 Å². The normalized spacial score (nSPS) is 24.9. The van der Waals surface area contributed by atoms with Crippen molar-refractivity contribution in [3.8, 4) is 5.75 Å². The topological polar surface area (TPSA) is 76.8 Å². The number of anilines is 2. The lowest BCUT2D eigenvalue weighted by atomic mass is 9.97. The highest BCUT2D eigenvalue weighted by Gasteiger charge is 2.47. The van der Waals surface area contributed by atoms with Gasteiger partial charge >= 0.3 is 0 Å². The summed E-state index contributed by atoms with van der Waals surface area (Å²) in [6.07, 6.45) is 2.47. The molecule has 2 saturated carbocycles. The Morgan fingerprint density at radius 2 is 1.91 bits per heavy atom. The summed E-state index contributed by atoms with van der Waals surface area (Å²) in [6.45, 7) is 2.18. The van der Waals surface area contributed by atoms with Gasteiger partial charge in [-0.25, -0.2) is 8.78 Å². The molecule has 1 amide bonds. The number of amides is 1. The minimum absolute atomic E-state index is 0.0664. The molecule has 7 nitrogen and oxygen atoms in total. The lowest BCUT2D eigenvalue weighted by molar-refractivity contribution is -0.0191. The largest absolute Gasteiger partial charge is 0.484 e. The van der Waals surface area contributed by atoms with Gasteiger partial charge in [0.1, 0.15) is 11.4 Å². The first-order valence-corrected chi connectivity index (χ1v) is 11.1. The first-order valence-electron chi connectivity index (χ1n) is 11.1. The summed E-state index contributed by atoms with van der Waals surface area (Å²) < 4.78 is 58.7. The summed E-state index contributed by atoms with van der Waals surface area (Å²) in [5, 5.41) is 2.43. The molecule has 1 aromatic carbocycles. The molecule has 1 aromatic heterocycles. The number of aromatic nitrogens is 1. The Bertz CT molecular complexity index is 1040. The van der Waals surface area contributed by atoms with E-state index in [1.165, 1.54) is 6.42 Å². The van der Waals surface area contributed by atoms with E-state index in [-0.39, 0.29) is 41.3 Å². The maximum absolute atomic E-state index is 14.6. The van der Waals surface area contributed by atoms with Crippen LogP contribution in [0.1, 0.15) is 42.4 Å². The SMILES string of the molecule is COC1(C)CN(c2nc(C(=O)Nc3cc(F)c(OC4CC5CC5C4)c(F)c3)c(CCF)o2)C1. The van der Waals surface area contributed by atoms with Crippen LogP contribution in [0.25, 0.3) is 0 Å². The fourth-order valence-corrected chi connectivity index (χ4v) is 4.79. The Morgan fingerprint density at radius 1 is 1.24 bits per heavy atom. The number of alkyl halides is 1. The van der Waals surface area contributed by atoms with Gasteiger partial charge in [0, 0.05) is 31.4 Å². The number of nitrogens with zero attached hydrogens (tertiary/aromatic N) is 2. The average Bonchev–Trinajstić information content (AvgIpc) is 3.16. The second-order valence-corrected chi connectivity index (χ2v) is 9.41. The van der Waals surface area contributed by atoms with Crippen molar-refractivity contribution in [2.45, 2.75) is 44.3 Å². The Labute approximate surface area is 189 Å². The van der Waals surface area contributed by atoms with Gasteiger partial charge in [-0.2, -0.15) is 4.98 Å². The van der Waals surface area contributed by atoms with Gasteiger partial charge in [0.25, 0.3) is 11.9 Å². The maximum atomic E-state index is 14.6. The number of halogens is 3. The molecule has 2 aromatic rings. The minimum Gasteiger partial charge on any atom is -0.484 e. The van der Waals surface area contributed by atoms with Crippen molar-refractivity contribution in [2.75, 3.05) is 37.1 Å². The Kier molecular flexibility index (Phi) is 5.50. The predicted octanol–water partition coefficient (Wildman–Crippen LogP) is 4.12. The third-order valence-electron chi connectivity index (χ3n) is 6.78. The molecule has 0 spiro atoms. The third kappa shape index (κ3) is 4.28. The molecule has 3 aliphatic rings. The number of carbonyl (C=O) groups excluding carboxylic acids is 1. The summed E-state index contributed by atoms with van der Waals surface area (Å²) >= 11 is 0. The summed E-state index contributed by atoms with van der Waals surface area (Å²) in [4.78, 5) is 18.8. The van der Waals surface area contributed by atoms with E-state index in [1.807, 2.05) is 6.92 Å². The van der Waals surface area contributed by atoms with Crippen molar-refractivity contribution < 1.29 is 31.9 Å². The van der Waals surface area contributed by atoms with Gasteiger partial charge in [-0.05, 0) is 38.0 Å². The highest BCUT2D eigenvalue weighted by atomic mass is 19.1. The molecule has 10 heteroatoms. The van der Waals surface area contributed by atoms with Gasteiger partial charge in [-0.3, -0.25) is 9.18 Å². The Hall–Kier alpha value is -2.75. The number of carbonyl (C=O) groups is 1. The van der Waals surface area contributed by atoms with Crippen LogP contribution in [0.2, 0.25) is 0 Å². The van der Waals surface area contributed by atoms with Gasteiger partial charge in [0.05, 0.1) is 25.9 Å². The number of oxazole rings is 1. The summed E-state index contributed by atoms with van der Waals surface area (Å²) in [7, 11) is 1.60. The molecule has 2 heterocycles. The van der Waals surface area contributed by atoms with Crippen molar-refractivity contribution in [3.63, 3.8) is 0 Å². The second kappa shape index (κ2) is 8.23. The third-order valence-corrected chi connectivity index (χ3v) is 6.78. The predicted molar refractivity (Wildman–Crippen MR) is 113 cm³/mol. The number of rotatable bonds is 8. The Morgan fingerprint density at radius 3 is 2.52 bits per heavy atom. The quantitative estimate of drug-likeness (QED) is 0.632. The number of aryl methyl sites for hydroxylation is 1. The standard InChI is InChI=1S/C23H26F3N3O4/c1-23(31-2)10-29(11-23)22-28-19(18(33-22)3-4-24)21(30)27-14-8-16(25)20(17(26)9-14)32-15-6-12-5-13(12)7-15/h8-9,12-13,15H,3-7,10-11H2,1-2H3,(H,27,30). The van der Waals surface area contributed by atoms with E-state index in [1.54, 1.807) is 12.0 Å². The smallest absolute Gasteiger partial charge is 0.298 e. The average molecular weight is 465 g/mol. The van der Waals surface area contributed by atoms with Crippen LogP contribution in [0.3, 0.4) is 0 Å². The first-order chi connectivity index (χ1) is 15.8. The van der Waals surface area contributed by atoms with Crippen molar-refractivity contribution in [1.29, 1.82) is 0 Å². The number of fused-ring (bicyclic) bond motifs is 1. The zero-order valence-electron chi connectivity index (χ0n) is 18.5. The maximum Gasteiger partial charge on any atom is 0.298 e. The number of nitrogens with one attached hydrogen (secondary N) is 1. The van der Waals surface area contributed by atoms with Gasteiger partial charge in [-0.1, -0.05) is 0 Å². The molecule has 5 rings (SSSR count). The molecule has 1 aliphatic heterocycles. The fraction of sp³-hybridized carbons (Fsp3) is 0.565. The van der Waals surface area contributed by atoms with Crippen LogP contribution in [0.5, 0.6) is 5.75 Å². The number of methoxy groups -OCH3 is 1. The Balaban J connectivity index is 1.29. The number of hydrogen-bond acceptors (Lipinski definition) is 6. The molecular weight excluding hydrogens is 439 g/mol. The van der Waals surface area contributed by atoms with Gasteiger partial charge in [0.2, 0.25) is 0 Å². The zero-order valence-corrected chi connectivity index (χ0v) is 18.5. The van der Waals surface area contributed by atoms with Crippen LogP contribution >= 0.6 is 0 Å². The second-order valence-electron chi connectivity index (χ2n) is 9.41. The molecule has 2 aliphatic carbocycles. The van der Waals surface area contributed by atoms with Crippen molar-refractivity contribution >= 4 is 17.6 Å². The van der Waals surface area contributed by atoms with Crippen LogP contribution < -0.4 is 15.0 Å². The molecule has 0 radical (unpaired) electrons. The molecular formula is C23H26F3N3O4. The van der Waals surface area contributed by atoms with Gasteiger partial charge in [-0.15, -0.1) is 0 Å². The van der Waals surface area contributed by atoms with E-state index in [0.717, 1.165) is 25.0 Å². The van der Waals surface area contributed by atoms with Crippen molar-refractivity contribution in [3.05, 3.63) is 35.2 Å². The molecule has 178 valence electrons. The number of benzene rings is 1. The monoisotopic (exact) mass is 465 g/mol. The van der Waals surface area contributed by atoms with E-state index in [4.69, 9.17) is 13.9 Å². The van der Waals surface area contributed by atoms with Crippen LogP contribution in [-0.2, 0) is 11.2 Å². The molecule has 3 fully saturated rings. The van der Waals surface area contributed by atoms with Crippen molar-refractivity contribution in [2.24, 2.45) is 11.8 Å². The molecule has 2 unspecified atom stereocenters. The number of ether oxygens (including phenoxy) is 2. The molecule has 33 heavy (non-hydrogen) atoms. The van der Waals surface area contributed by atoms with E-state index in [2.05, 4.69) is 10.3 Å². The van der Waals surface area contributed by atoms with E-state index in [0.29, 0.717) is 24.9 Å². The highest BCUT2D eigenvalue weighted by Crippen LogP contribution is 2.52. The summed E-state index contributed by atoms with van der Waals surface area (Å²) in [5.74, 6) is -1.66. The molecule has 1 N–H and O–H groups in total. The first kappa shape index (κ1) is 22.1. The van der Waals surface area contributed by atoms with Gasteiger partial charge in [0.15, 0.2) is 23.1 Å². The number of hydrogen-bond donors (Lipinski definition) is 1. The lowest BCUT2D eigenvalue weighted by Crippen LogP contribution is -2.61. The molecule has 1 saturated heterocycles. The minimum atomic E-state index is -0.893. The van der Waals surface area contributed by atoms with E-state index >= 15 is 0 Å². The van der Waals surface area contributed by atoms with Crippen LogP contribution in [-0.4, -0.2) is 49.5 Å². The molecule has 0 bridgehead atoms. The molecule has 2 atom stereocenters. The summed E-state index contributed by atoms with van der Waals surface area (Å²) in [6, 6.07) is 2.18. The zero-order chi connectivity index (χ0) is 23.3.